The van der Waals surface area contributed by atoms with Gasteiger partial charge in [-0.1, -0.05) is 6.08 Å². The maximum Gasteiger partial charge on any atom is 0.160 e. The van der Waals surface area contributed by atoms with Crippen LogP contribution in [0.2, 0.25) is 0 Å². The van der Waals surface area contributed by atoms with Gasteiger partial charge in [0.2, 0.25) is 0 Å². The van der Waals surface area contributed by atoms with Crippen LogP contribution in [-0.4, -0.2) is 25.0 Å². The van der Waals surface area contributed by atoms with E-state index in [4.69, 9.17) is 0 Å². The quantitative estimate of drug-likeness (QED) is 0.756. The lowest BCUT2D eigenvalue weighted by Crippen LogP contribution is -2.23. The lowest BCUT2D eigenvalue weighted by molar-refractivity contribution is 0.370. The molecule has 4 heteroatoms. The zero-order valence-electron chi connectivity index (χ0n) is 10.0. The van der Waals surface area contributed by atoms with Gasteiger partial charge < -0.3 is 4.90 Å². The molecule has 0 aliphatic carbocycles. The summed E-state index contributed by atoms with van der Waals surface area (Å²) < 4.78 is 27.3. The molecule has 2 aromatic rings. The van der Waals surface area contributed by atoms with Crippen molar-refractivity contribution in [1.29, 1.82) is 0 Å². The second-order valence-corrected chi connectivity index (χ2v) is 5.56. The van der Waals surface area contributed by atoms with Gasteiger partial charge >= 0.3 is 0 Å². The second kappa shape index (κ2) is 4.44. The van der Waals surface area contributed by atoms with Crippen LogP contribution in [0.1, 0.15) is 12.0 Å². The van der Waals surface area contributed by atoms with Crippen molar-refractivity contribution in [3.63, 3.8) is 0 Å². The summed E-state index contributed by atoms with van der Waals surface area (Å²) in [6.07, 6.45) is 3.13. The van der Waals surface area contributed by atoms with E-state index in [0.29, 0.717) is 0 Å². The molecule has 1 aliphatic rings. The van der Waals surface area contributed by atoms with Crippen molar-refractivity contribution in [2.45, 2.75) is 6.42 Å². The molecule has 2 heterocycles. The van der Waals surface area contributed by atoms with Crippen LogP contribution in [0.3, 0.4) is 0 Å². The molecule has 0 atom stereocenters. The molecule has 0 bridgehead atoms. The zero-order chi connectivity index (χ0) is 12.7. The van der Waals surface area contributed by atoms with Gasteiger partial charge in [0.25, 0.3) is 0 Å². The number of hydrogen-bond acceptors (Lipinski definition) is 2. The number of fused-ring (bicyclic) bond motifs is 1. The molecule has 0 radical (unpaired) electrons. The van der Waals surface area contributed by atoms with Crippen molar-refractivity contribution in [3.05, 3.63) is 40.8 Å². The Balaban J connectivity index is 2.10. The first-order valence-corrected chi connectivity index (χ1v) is 6.77. The Hall–Kier alpha value is -1.26. The molecule has 0 saturated heterocycles. The third-order valence-electron chi connectivity index (χ3n) is 3.37. The molecule has 0 unspecified atom stereocenters. The topological polar surface area (TPSA) is 3.24 Å². The van der Waals surface area contributed by atoms with Crippen LogP contribution in [0.4, 0.5) is 8.78 Å². The van der Waals surface area contributed by atoms with Crippen molar-refractivity contribution in [1.82, 2.24) is 4.90 Å². The van der Waals surface area contributed by atoms with Crippen molar-refractivity contribution >= 4 is 27.0 Å². The number of benzene rings is 1. The highest BCUT2D eigenvalue weighted by molar-refractivity contribution is 7.17. The Morgan fingerprint density at radius 2 is 2.00 bits per heavy atom. The molecule has 0 amide bonds. The van der Waals surface area contributed by atoms with Crippen LogP contribution < -0.4 is 0 Å². The Kier molecular flexibility index (Phi) is 2.92. The van der Waals surface area contributed by atoms with Gasteiger partial charge in [0.15, 0.2) is 11.6 Å². The predicted octanol–water partition coefficient (Wildman–Crippen LogP) is 3.90. The van der Waals surface area contributed by atoms with E-state index in [9.17, 15) is 8.78 Å². The second-order valence-electron chi connectivity index (χ2n) is 4.65. The number of rotatable bonds is 1. The van der Waals surface area contributed by atoms with E-state index in [1.165, 1.54) is 29.0 Å². The summed E-state index contributed by atoms with van der Waals surface area (Å²) in [5.74, 6) is -1.54. The molecule has 3 rings (SSSR count). The number of thiophene rings is 1. The van der Waals surface area contributed by atoms with Gasteiger partial charge in [-0.2, -0.15) is 0 Å². The maximum absolute atomic E-state index is 13.3. The zero-order valence-corrected chi connectivity index (χ0v) is 10.9. The van der Waals surface area contributed by atoms with Crippen molar-refractivity contribution in [3.8, 4) is 0 Å². The molecule has 18 heavy (non-hydrogen) atoms. The predicted molar refractivity (Wildman–Crippen MR) is 71.8 cm³/mol. The van der Waals surface area contributed by atoms with E-state index >= 15 is 0 Å². The standard InChI is InChI=1S/C14H13F2NS/c1-17-4-2-9(3-5-17)11-8-18-14-7-13(16)12(15)6-10(11)14/h2,6-8H,3-5H2,1H3. The van der Waals surface area contributed by atoms with Gasteiger partial charge in [-0.3, -0.25) is 0 Å². The summed E-state index contributed by atoms with van der Waals surface area (Å²) >= 11 is 1.47. The molecular formula is C14H13F2NS. The highest BCUT2D eigenvalue weighted by Gasteiger charge is 2.15. The Morgan fingerprint density at radius 3 is 2.72 bits per heavy atom. The van der Waals surface area contributed by atoms with Crippen LogP contribution in [0.15, 0.2) is 23.6 Å². The molecule has 1 aromatic heterocycles. The average Bonchev–Trinajstić information content (AvgIpc) is 2.74. The number of likely N-dealkylation sites (N-methyl/N-ethyl adjacent to an activating group) is 1. The summed E-state index contributed by atoms with van der Waals surface area (Å²) in [4.78, 5) is 2.23. The van der Waals surface area contributed by atoms with Gasteiger partial charge in [-0.05, 0) is 42.1 Å². The van der Waals surface area contributed by atoms with Crippen LogP contribution in [0.5, 0.6) is 0 Å². The molecular weight excluding hydrogens is 252 g/mol. The van der Waals surface area contributed by atoms with Crippen LogP contribution in [-0.2, 0) is 0 Å². The SMILES string of the molecule is CN1CC=C(c2csc3cc(F)c(F)cc23)CC1. The third kappa shape index (κ3) is 1.95. The van der Waals surface area contributed by atoms with Crippen molar-refractivity contribution in [2.75, 3.05) is 20.1 Å². The molecule has 0 N–H and O–H groups in total. The van der Waals surface area contributed by atoms with Crippen LogP contribution in [0, 0.1) is 11.6 Å². The van der Waals surface area contributed by atoms with Gasteiger partial charge in [0.1, 0.15) is 0 Å². The number of halogens is 2. The Bertz CT molecular complexity index is 630. The normalized spacial score (nSPS) is 17.2. The van der Waals surface area contributed by atoms with E-state index < -0.39 is 11.6 Å². The van der Waals surface area contributed by atoms with Gasteiger partial charge in [-0.15, -0.1) is 11.3 Å². The minimum Gasteiger partial charge on any atom is -0.302 e. The lowest BCUT2D eigenvalue weighted by atomic mass is 9.99. The van der Waals surface area contributed by atoms with Crippen molar-refractivity contribution in [2.24, 2.45) is 0 Å². The monoisotopic (exact) mass is 265 g/mol. The fraction of sp³-hybridized carbons (Fsp3) is 0.286. The maximum atomic E-state index is 13.3. The minimum atomic E-state index is -0.770. The largest absolute Gasteiger partial charge is 0.302 e. The first-order valence-electron chi connectivity index (χ1n) is 5.89. The van der Waals surface area contributed by atoms with Crippen LogP contribution in [0.25, 0.3) is 15.7 Å². The molecule has 1 nitrogen and oxygen atoms in total. The van der Waals surface area contributed by atoms with E-state index in [1.807, 2.05) is 5.38 Å². The van der Waals surface area contributed by atoms with E-state index in [0.717, 1.165) is 35.2 Å². The Morgan fingerprint density at radius 1 is 1.22 bits per heavy atom. The lowest BCUT2D eigenvalue weighted by Gasteiger charge is -2.21. The van der Waals surface area contributed by atoms with Crippen LogP contribution >= 0.6 is 11.3 Å². The van der Waals surface area contributed by atoms with Gasteiger partial charge in [0.05, 0.1) is 0 Å². The third-order valence-corrected chi connectivity index (χ3v) is 4.32. The highest BCUT2D eigenvalue weighted by atomic mass is 32.1. The van der Waals surface area contributed by atoms with E-state index in [2.05, 4.69) is 18.0 Å². The van der Waals surface area contributed by atoms with Gasteiger partial charge in [0, 0.05) is 23.2 Å². The summed E-state index contributed by atoms with van der Waals surface area (Å²) in [6.45, 7) is 1.92. The fourth-order valence-corrected chi connectivity index (χ4v) is 3.28. The molecule has 0 saturated carbocycles. The first-order chi connectivity index (χ1) is 8.65. The van der Waals surface area contributed by atoms with E-state index in [-0.39, 0.29) is 0 Å². The Labute approximate surface area is 108 Å². The molecule has 0 fully saturated rings. The number of nitrogens with zero attached hydrogens (tertiary/aromatic N) is 1. The molecule has 1 aliphatic heterocycles. The van der Waals surface area contributed by atoms with Gasteiger partial charge in [-0.25, -0.2) is 8.78 Å². The molecule has 0 spiro atoms. The van der Waals surface area contributed by atoms with Crippen molar-refractivity contribution < 1.29 is 8.78 Å². The highest BCUT2D eigenvalue weighted by Crippen LogP contribution is 2.34. The summed E-state index contributed by atoms with van der Waals surface area (Å²) in [6, 6.07) is 2.60. The average molecular weight is 265 g/mol. The van der Waals surface area contributed by atoms with E-state index in [1.54, 1.807) is 0 Å². The smallest absolute Gasteiger partial charge is 0.160 e. The fourth-order valence-electron chi connectivity index (χ4n) is 2.29. The summed E-state index contributed by atoms with van der Waals surface area (Å²) in [7, 11) is 2.08. The molecule has 94 valence electrons. The summed E-state index contributed by atoms with van der Waals surface area (Å²) in [5, 5.41) is 2.83. The minimum absolute atomic E-state index is 0.768. The number of hydrogen-bond donors (Lipinski definition) is 0. The first kappa shape index (κ1) is 11.8. The summed E-state index contributed by atoms with van der Waals surface area (Å²) in [5.41, 5.74) is 2.30. The molecule has 1 aromatic carbocycles.